The molecule has 5 nitrogen and oxygen atoms in total. The first-order valence-corrected chi connectivity index (χ1v) is 7.53. The third kappa shape index (κ3) is 3.28. The van der Waals surface area contributed by atoms with E-state index in [1.807, 2.05) is 15.6 Å². The molecule has 1 aliphatic carbocycles. The number of hydrogen-bond donors (Lipinski definition) is 1. The van der Waals surface area contributed by atoms with E-state index in [1.54, 1.807) is 0 Å². The Hall–Kier alpha value is -1.62. The van der Waals surface area contributed by atoms with E-state index in [-0.39, 0.29) is 0 Å². The minimum Gasteiger partial charge on any atom is -0.310 e. The van der Waals surface area contributed by atoms with Crippen molar-refractivity contribution in [3.05, 3.63) is 35.9 Å². The Labute approximate surface area is 120 Å². The van der Waals surface area contributed by atoms with Crippen LogP contribution in [-0.2, 0) is 13.1 Å². The Morgan fingerprint density at radius 1 is 1.45 bits per heavy atom. The lowest BCUT2D eigenvalue weighted by Gasteiger charge is -2.08. The maximum atomic E-state index is 4.61. The van der Waals surface area contributed by atoms with E-state index >= 15 is 0 Å². The molecule has 2 aromatic rings. The molecule has 2 aromatic heterocycles. The number of hydrogen-bond acceptors (Lipinski definition) is 3. The Morgan fingerprint density at radius 2 is 2.30 bits per heavy atom. The molecule has 0 saturated heterocycles. The van der Waals surface area contributed by atoms with Crippen molar-refractivity contribution in [3.63, 3.8) is 0 Å². The summed E-state index contributed by atoms with van der Waals surface area (Å²) in [7, 11) is 0. The molecule has 0 radical (unpaired) electrons. The molecular formula is C15H23N5. The first-order valence-electron chi connectivity index (χ1n) is 7.53. The summed E-state index contributed by atoms with van der Waals surface area (Å²) in [6.07, 6.45) is 9.85. The van der Waals surface area contributed by atoms with Crippen molar-refractivity contribution in [3.8, 4) is 0 Å². The summed E-state index contributed by atoms with van der Waals surface area (Å²) in [5.74, 6) is 0. The van der Waals surface area contributed by atoms with E-state index in [2.05, 4.69) is 47.8 Å². The van der Waals surface area contributed by atoms with E-state index < -0.39 is 0 Å². The molecule has 0 aliphatic heterocycles. The predicted octanol–water partition coefficient (Wildman–Crippen LogP) is 2.35. The fourth-order valence-electron chi connectivity index (χ4n) is 2.19. The number of rotatable bonds is 7. The summed E-state index contributed by atoms with van der Waals surface area (Å²) in [6.45, 7) is 6.03. The lowest BCUT2D eigenvalue weighted by Crippen LogP contribution is -2.14. The molecule has 0 aromatic carbocycles. The third-order valence-corrected chi connectivity index (χ3v) is 3.89. The van der Waals surface area contributed by atoms with Crippen LogP contribution in [0.25, 0.3) is 0 Å². The van der Waals surface area contributed by atoms with E-state index in [0.717, 1.165) is 31.2 Å². The van der Waals surface area contributed by atoms with Crippen LogP contribution in [0.1, 0.15) is 50.4 Å². The molecule has 20 heavy (non-hydrogen) atoms. The van der Waals surface area contributed by atoms with Crippen LogP contribution in [0.3, 0.4) is 0 Å². The average Bonchev–Trinajstić information content (AvgIpc) is 2.99. The molecule has 1 unspecified atom stereocenters. The van der Waals surface area contributed by atoms with Gasteiger partial charge in [-0.3, -0.25) is 9.36 Å². The van der Waals surface area contributed by atoms with Crippen LogP contribution in [0.2, 0.25) is 0 Å². The quantitative estimate of drug-likeness (QED) is 0.842. The summed E-state index contributed by atoms with van der Waals surface area (Å²) in [5.41, 5.74) is 2.31. The highest BCUT2D eigenvalue weighted by atomic mass is 15.3. The smallest absolute Gasteiger partial charge is 0.0849 e. The second kappa shape index (κ2) is 5.79. The molecule has 2 heterocycles. The zero-order valence-corrected chi connectivity index (χ0v) is 12.3. The van der Waals surface area contributed by atoms with Crippen LogP contribution in [-0.4, -0.2) is 25.6 Å². The summed E-state index contributed by atoms with van der Waals surface area (Å²) in [6, 6.07) is 3.28. The Balaban J connectivity index is 1.57. The topological polar surface area (TPSA) is 47.7 Å². The van der Waals surface area contributed by atoms with Crippen molar-refractivity contribution >= 4 is 0 Å². The zero-order valence-electron chi connectivity index (χ0n) is 12.3. The summed E-state index contributed by atoms with van der Waals surface area (Å²) < 4.78 is 4.00. The molecular weight excluding hydrogens is 250 g/mol. The standard InChI is InChI=1S/C15H23N5/c1-3-12(2)20-7-6-15(18-20)11-19-10-13(9-17-19)8-16-14-4-5-14/h6-7,9-10,12,14,16H,3-5,8,11H2,1-2H3. The van der Waals surface area contributed by atoms with Crippen LogP contribution in [0, 0.1) is 0 Å². The highest BCUT2D eigenvalue weighted by Gasteiger charge is 2.20. The van der Waals surface area contributed by atoms with E-state index in [9.17, 15) is 0 Å². The van der Waals surface area contributed by atoms with Gasteiger partial charge in [0.2, 0.25) is 0 Å². The van der Waals surface area contributed by atoms with Crippen LogP contribution in [0.15, 0.2) is 24.7 Å². The number of nitrogens with one attached hydrogen (secondary N) is 1. The largest absolute Gasteiger partial charge is 0.310 e. The van der Waals surface area contributed by atoms with Crippen molar-refractivity contribution < 1.29 is 0 Å². The molecule has 3 rings (SSSR count). The second-order valence-electron chi connectivity index (χ2n) is 5.75. The fourth-order valence-corrected chi connectivity index (χ4v) is 2.19. The van der Waals surface area contributed by atoms with Gasteiger partial charge in [0.1, 0.15) is 0 Å². The summed E-state index contributed by atoms with van der Waals surface area (Å²) >= 11 is 0. The van der Waals surface area contributed by atoms with Crippen LogP contribution >= 0.6 is 0 Å². The summed E-state index contributed by atoms with van der Waals surface area (Å²) in [5, 5.41) is 12.5. The highest BCUT2D eigenvalue weighted by molar-refractivity contribution is 5.07. The Kier molecular flexibility index (Phi) is 3.87. The van der Waals surface area contributed by atoms with Crippen LogP contribution in [0.4, 0.5) is 0 Å². The van der Waals surface area contributed by atoms with Gasteiger partial charge in [-0.1, -0.05) is 6.92 Å². The van der Waals surface area contributed by atoms with Gasteiger partial charge in [-0.25, -0.2) is 0 Å². The predicted molar refractivity (Wildman–Crippen MR) is 78.4 cm³/mol. The van der Waals surface area contributed by atoms with Gasteiger partial charge in [0.25, 0.3) is 0 Å². The monoisotopic (exact) mass is 273 g/mol. The normalized spacial score (nSPS) is 16.5. The van der Waals surface area contributed by atoms with E-state index in [1.165, 1.54) is 18.4 Å². The SMILES string of the molecule is CCC(C)n1ccc(Cn2cc(CNC3CC3)cn2)n1. The maximum Gasteiger partial charge on any atom is 0.0849 e. The van der Waals surface area contributed by atoms with Crippen molar-refractivity contribution in [1.29, 1.82) is 0 Å². The van der Waals surface area contributed by atoms with Crippen molar-refractivity contribution in [2.45, 2.75) is 58.3 Å². The molecule has 5 heteroatoms. The zero-order chi connectivity index (χ0) is 13.9. The maximum absolute atomic E-state index is 4.61. The lowest BCUT2D eigenvalue weighted by molar-refractivity contribution is 0.471. The average molecular weight is 273 g/mol. The van der Waals surface area contributed by atoms with Gasteiger partial charge in [0.05, 0.1) is 18.4 Å². The second-order valence-corrected chi connectivity index (χ2v) is 5.75. The minimum atomic E-state index is 0.458. The highest BCUT2D eigenvalue weighted by Crippen LogP contribution is 2.19. The number of aromatic nitrogens is 4. The Bertz CT molecular complexity index is 552. The molecule has 1 aliphatic rings. The van der Waals surface area contributed by atoms with Gasteiger partial charge >= 0.3 is 0 Å². The summed E-state index contributed by atoms with van der Waals surface area (Å²) in [4.78, 5) is 0. The lowest BCUT2D eigenvalue weighted by atomic mass is 10.3. The van der Waals surface area contributed by atoms with E-state index in [4.69, 9.17) is 0 Å². The van der Waals surface area contributed by atoms with Crippen molar-refractivity contribution in [1.82, 2.24) is 24.9 Å². The van der Waals surface area contributed by atoms with Gasteiger partial charge in [-0.05, 0) is 32.3 Å². The fraction of sp³-hybridized carbons (Fsp3) is 0.600. The molecule has 1 saturated carbocycles. The van der Waals surface area contributed by atoms with Gasteiger partial charge in [-0.2, -0.15) is 10.2 Å². The first-order chi connectivity index (χ1) is 9.74. The molecule has 1 fully saturated rings. The van der Waals surface area contributed by atoms with Gasteiger partial charge < -0.3 is 5.32 Å². The van der Waals surface area contributed by atoms with Crippen molar-refractivity contribution in [2.24, 2.45) is 0 Å². The Morgan fingerprint density at radius 3 is 3.05 bits per heavy atom. The van der Waals surface area contributed by atoms with Crippen molar-refractivity contribution in [2.75, 3.05) is 0 Å². The first kappa shape index (κ1) is 13.4. The van der Waals surface area contributed by atoms with Gasteiger partial charge in [0.15, 0.2) is 0 Å². The third-order valence-electron chi connectivity index (χ3n) is 3.89. The molecule has 108 valence electrons. The van der Waals surface area contributed by atoms with Crippen LogP contribution < -0.4 is 5.32 Å². The number of nitrogens with zero attached hydrogens (tertiary/aromatic N) is 4. The molecule has 0 spiro atoms. The van der Waals surface area contributed by atoms with Gasteiger partial charge in [0, 0.05) is 36.6 Å². The van der Waals surface area contributed by atoms with Crippen LogP contribution in [0.5, 0.6) is 0 Å². The van der Waals surface area contributed by atoms with Gasteiger partial charge in [-0.15, -0.1) is 0 Å². The molecule has 0 bridgehead atoms. The molecule has 1 atom stereocenters. The molecule has 1 N–H and O–H groups in total. The minimum absolute atomic E-state index is 0.458. The van der Waals surface area contributed by atoms with E-state index in [0.29, 0.717) is 6.04 Å². The molecule has 0 amide bonds.